The standard InChI is InChI=1S/C21H31N3.C2H6/c1-7-9-19-11-10-15(3)21(16(19)4)18(6)23-14-12-20(17(5)22)24-13-8-2;1-2/h10-13,23H,5-9,14,22H2,1-4H3;1-2H3/b20-12-,24-13?;. The van der Waals surface area contributed by atoms with E-state index in [1.807, 2.05) is 33.1 Å². The first-order valence-corrected chi connectivity index (χ1v) is 9.61. The van der Waals surface area contributed by atoms with E-state index in [0.717, 1.165) is 25.0 Å². The third kappa shape index (κ3) is 7.30. The van der Waals surface area contributed by atoms with E-state index in [1.54, 1.807) is 0 Å². The summed E-state index contributed by atoms with van der Waals surface area (Å²) in [5.41, 5.74) is 13.0. The van der Waals surface area contributed by atoms with Crippen molar-refractivity contribution in [2.75, 3.05) is 6.54 Å². The zero-order chi connectivity index (χ0) is 20.1. The summed E-state index contributed by atoms with van der Waals surface area (Å²) in [5, 5.41) is 3.37. The van der Waals surface area contributed by atoms with Crippen molar-refractivity contribution < 1.29 is 0 Å². The Balaban J connectivity index is 0.00000301. The van der Waals surface area contributed by atoms with E-state index in [4.69, 9.17) is 5.73 Å². The molecule has 0 aromatic heterocycles. The molecule has 1 rings (SSSR count). The third-order valence-electron chi connectivity index (χ3n) is 3.96. The molecule has 3 N–H and O–H groups in total. The molecular formula is C23H37N3. The Labute approximate surface area is 160 Å². The van der Waals surface area contributed by atoms with Gasteiger partial charge >= 0.3 is 0 Å². The van der Waals surface area contributed by atoms with Crippen molar-refractivity contribution in [2.24, 2.45) is 10.7 Å². The smallest absolute Gasteiger partial charge is 0.0826 e. The highest BCUT2D eigenvalue weighted by molar-refractivity contribution is 5.69. The van der Waals surface area contributed by atoms with Crippen LogP contribution in [0.3, 0.4) is 0 Å². The van der Waals surface area contributed by atoms with Gasteiger partial charge in [-0.2, -0.15) is 0 Å². The van der Waals surface area contributed by atoms with Crippen molar-refractivity contribution in [3.05, 3.63) is 65.0 Å². The number of hydrogen-bond acceptors (Lipinski definition) is 3. The second-order valence-electron chi connectivity index (χ2n) is 5.99. The summed E-state index contributed by atoms with van der Waals surface area (Å²) < 4.78 is 0. The number of hydrogen-bond donors (Lipinski definition) is 2. The molecule has 0 heterocycles. The van der Waals surface area contributed by atoms with Crippen molar-refractivity contribution in [1.29, 1.82) is 0 Å². The summed E-state index contributed by atoms with van der Waals surface area (Å²) in [6, 6.07) is 4.40. The molecule has 144 valence electrons. The first kappa shape index (κ1) is 23.7. The fraction of sp³-hybridized carbons (Fsp3) is 0.435. The summed E-state index contributed by atoms with van der Waals surface area (Å²) in [5.74, 6) is 0. The molecule has 3 heteroatoms. The predicted molar refractivity (Wildman–Crippen MR) is 118 cm³/mol. The van der Waals surface area contributed by atoms with Crippen LogP contribution in [0.2, 0.25) is 0 Å². The van der Waals surface area contributed by atoms with Crippen molar-refractivity contribution in [3.63, 3.8) is 0 Å². The first-order chi connectivity index (χ1) is 12.4. The summed E-state index contributed by atoms with van der Waals surface area (Å²) in [6.45, 7) is 21.1. The minimum Gasteiger partial charge on any atom is -0.397 e. The highest BCUT2D eigenvalue weighted by atomic mass is 14.9. The van der Waals surface area contributed by atoms with Gasteiger partial charge in [-0.05, 0) is 49.5 Å². The molecule has 26 heavy (non-hydrogen) atoms. The van der Waals surface area contributed by atoms with Gasteiger partial charge in [0.2, 0.25) is 0 Å². The molecule has 0 fully saturated rings. The van der Waals surface area contributed by atoms with Crippen LogP contribution >= 0.6 is 0 Å². The molecular weight excluding hydrogens is 318 g/mol. The quantitative estimate of drug-likeness (QED) is 0.442. The Morgan fingerprint density at radius 2 is 1.85 bits per heavy atom. The lowest BCUT2D eigenvalue weighted by atomic mass is 9.93. The van der Waals surface area contributed by atoms with Gasteiger partial charge in [-0.3, -0.25) is 4.99 Å². The van der Waals surface area contributed by atoms with Crippen LogP contribution in [0.4, 0.5) is 0 Å². The van der Waals surface area contributed by atoms with Crippen LogP contribution in [0.1, 0.15) is 62.8 Å². The highest BCUT2D eigenvalue weighted by Gasteiger charge is 2.10. The topological polar surface area (TPSA) is 50.4 Å². The van der Waals surface area contributed by atoms with Gasteiger partial charge in [0.15, 0.2) is 0 Å². The van der Waals surface area contributed by atoms with Gasteiger partial charge in [0.25, 0.3) is 0 Å². The molecule has 0 spiro atoms. The second-order valence-corrected chi connectivity index (χ2v) is 5.99. The lowest BCUT2D eigenvalue weighted by molar-refractivity contribution is 0.907. The van der Waals surface area contributed by atoms with Gasteiger partial charge < -0.3 is 11.1 Å². The van der Waals surface area contributed by atoms with E-state index in [-0.39, 0.29) is 0 Å². The normalized spacial score (nSPS) is 11.1. The number of nitrogens with zero attached hydrogens (tertiary/aromatic N) is 1. The molecule has 0 atom stereocenters. The minimum atomic E-state index is 0.476. The van der Waals surface area contributed by atoms with Gasteiger partial charge in [-0.1, -0.05) is 59.4 Å². The van der Waals surface area contributed by atoms with Gasteiger partial charge in [0.1, 0.15) is 0 Å². The number of nitrogens with two attached hydrogens (primary N) is 1. The van der Waals surface area contributed by atoms with E-state index in [1.165, 1.54) is 22.3 Å². The molecule has 0 aliphatic carbocycles. The third-order valence-corrected chi connectivity index (χ3v) is 3.96. The van der Waals surface area contributed by atoms with Gasteiger partial charge in [-0.25, -0.2) is 0 Å². The monoisotopic (exact) mass is 355 g/mol. The molecule has 1 aromatic rings. The molecule has 3 nitrogen and oxygen atoms in total. The Morgan fingerprint density at radius 3 is 2.38 bits per heavy atom. The zero-order valence-electron chi connectivity index (χ0n) is 17.6. The minimum absolute atomic E-state index is 0.476. The largest absolute Gasteiger partial charge is 0.397 e. The fourth-order valence-corrected chi connectivity index (χ4v) is 2.71. The van der Waals surface area contributed by atoms with Crippen molar-refractivity contribution >= 4 is 11.9 Å². The van der Waals surface area contributed by atoms with Crippen LogP contribution in [0.15, 0.2) is 47.8 Å². The Morgan fingerprint density at radius 1 is 1.19 bits per heavy atom. The average Bonchev–Trinajstić information content (AvgIpc) is 2.62. The van der Waals surface area contributed by atoms with E-state index in [9.17, 15) is 0 Å². The number of rotatable bonds is 9. The zero-order valence-corrected chi connectivity index (χ0v) is 17.6. The predicted octanol–water partition coefficient (Wildman–Crippen LogP) is 5.68. The van der Waals surface area contributed by atoms with Crippen LogP contribution in [0.25, 0.3) is 5.70 Å². The maximum atomic E-state index is 5.78. The van der Waals surface area contributed by atoms with E-state index in [2.05, 4.69) is 56.4 Å². The SMILES string of the molecule is C=C(N)/C(=C/CNC(=C)c1c(C)ccc(CCC)c1C)N=CCC.CC. The van der Waals surface area contributed by atoms with Crippen molar-refractivity contribution in [1.82, 2.24) is 5.32 Å². The van der Waals surface area contributed by atoms with Crippen LogP contribution in [-0.2, 0) is 6.42 Å². The fourth-order valence-electron chi connectivity index (χ4n) is 2.71. The molecule has 0 bridgehead atoms. The molecule has 0 radical (unpaired) electrons. The van der Waals surface area contributed by atoms with Gasteiger partial charge in [-0.15, -0.1) is 0 Å². The van der Waals surface area contributed by atoms with Crippen LogP contribution < -0.4 is 11.1 Å². The van der Waals surface area contributed by atoms with Crippen molar-refractivity contribution in [3.8, 4) is 0 Å². The average molecular weight is 356 g/mol. The molecule has 0 amide bonds. The first-order valence-electron chi connectivity index (χ1n) is 9.61. The molecule has 1 aromatic carbocycles. The van der Waals surface area contributed by atoms with Crippen LogP contribution in [-0.4, -0.2) is 12.8 Å². The van der Waals surface area contributed by atoms with E-state index in [0.29, 0.717) is 17.9 Å². The lowest BCUT2D eigenvalue weighted by Crippen LogP contribution is -2.14. The van der Waals surface area contributed by atoms with Crippen LogP contribution in [0.5, 0.6) is 0 Å². The summed E-state index contributed by atoms with van der Waals surface area (Å²) >= 11 is 0. The van der Waals surface area contributed by atoms with Crippen molar-refractivity contribution in [2.45, 2.75) is 60.8 Å². The number of aryl methyl sites for hydroxylation is 2. The summed E-state index contributed by atoms with van der Waals surface area (Å²) in [7, 11) is 0. The Hall–Kier alpha value is -2.29. The highest BCUT2D eigenvalue weighted by Crippen LogP contribution is 2.24. The van der Waals surface area contributed by atoms with Crippen LogP contribution in [0, 0.1) is 13.8 Å². The molecule has 0 aliphatic heterocycles. The number of nitrogens with one attached hydrogen (secondary N) is 1. The van der Waals surface area contributed by atoms with E-state index < -0.39 is 0 Å². The Kier molecular flexibility index (Phi) is 11.8. The van der Waals surface area contributed by atoms with Gasteiger partial charge in [0.05, 0.1) is 5.70 Å². The lowest BCUT2D eigenvalue weighted by Gasteiger charge is -2.17. The second kappa shape index (κ2) is 13.0. The summed E-state index contributed by atoms with van der Waals surface area (Å²) in [4.78, 5) is 4.33. The molecule has 0 unspecified atom stereocenters. The Bertz CT molecular complexity index is 652. The summed E-state index contributed by atoms with van der Waals surface area (Å²) in [6.07, 6.45) is 6.88. The molecule has 0 saturated carbocycles. The maximum absolute atomic E-state index is 5.78. The maximum Gasteiger partial charge on any atom is 0.0826 e. The number of benzene rings is 1. The molecule has 0 aliphatic rings. The number of aliphatic imine (C=N–C) groups is 1. The van der Waals surface area contributed by atoms with E-state index >= 15 is 0 Å². The van der Waals surface area contributed by atoms with Gasteiger partial charge in [0, 0.05) is 29.7 Å². The molecule has 0 saturated heterocycles.